The molecule has 2 N–H and O–H groups in total. The van der Waals surface area contributed by atoms with Crippen LogP contribution in [0.3, 0.4) is 0 Å². The van der Waals surface area contributed by atoms with E-state index in [9.17, 15) is 14.4 Å². The molecule has 0 spiro atoms. The lowest BCUT2D eigenvalue weighted by molar-refractivity contribution is -0.137. The Labute approximate surface area is 167 Å². The minimum atomic E-state index is -1.07. The molecule has 9 heteroatoms. The summed E-state index contributed by atoms with van der Waals surface area (Å²) >= 11 is 8.32. The first-order chi connectivity index (χ1) is 12.8. The van der Waals surface area contributed by atoms with Crippen LogP contribution >= 0.6 is 28.1 Å². The third-order valence-electron chi connectivity index (χ3n) is 3.78. The lowest BCUT2D eigenvalue weighted by Crippen LogP contribution is -2.54. The Hall–Kier alpha value is -2.78. The van der Waals surface area contributed by atoms with Crippen LogP contribution in [0.4, 0.5) is 0 Å². The minimum Gasteiger partial charge on any atom is -0.481 e. The summed E-state index contributed by atoms with van der Waals surface area (Å²) in [6.45, 7) is -0.132. The standard InChI is InChI=1S/C18H13BrN2O5S/c19-11-3-1-10(2-4-11)14-6-5-12(26-14)9-13-16(24)20-18(27)21(17(13)25)8-7-15(22)23/h1-6,9H,7-8H2,(H,22,23)(H,20,24,27)/b13-9+. The van der Waals surface area contributed by atoms with Gasteiger partial charge in [-0.25, -0.2) is 0 Å². The van der Waals surface area contributed by atoms with E-state index in [2.05, 4.69) is 21.2 Å². The summed E-state index contributed by atoms with van der Waals surface area (Å²) in [6, 6.07) is 10.8. The van der Waals surface area contributed by atoms with Crippen LogP contribution in [0.25, 0.3) is 17.4 Å². The van der Waals surface area contributed by atoms with Crippen molar-refractivity contribution in [2.45, 2.75) is 6.42 Å². The van der Waals surface area contributed by atoms with Crippen molar-refractivity contribution in [1.29, 1.82) is 0 Å². The van der Waals surface area contributed by atoms with Crippen molar-refractivity contribution in [3.63, 3.8) is 0 Å². The largest absolute Gasteiger partial charge is 0.481 e. The first kappa shape index (κ1) is 19.0. The molecule has 0 atom stereocenters. The van der Waals surface area contributed by atoms with E-state index in [4.69, 9.17) is 21.7 Å². The molecule has 0 saturated carbocycles. The predicted molar refractivity (Wildman–Crippen MR) is 105 cm³/mol. The Morgan fingerprint density at radius 2 is 1.93 bits per heavy atom. The van der Waals surface area contributed by atoms with E-state index in [1.165, 1.54) is 6.08 Å². The molecule has 1 aromatic carbocycles. The fraction of sp³-hybridized carbons (Fsp3) is 0.111. The number of nitrogens with zero attached hydrogens (tertiary/aromatic N) is 1. The summed E-state index contributed by atoms with van der Waals surface area (Å²) in [5.74, 6) is -1.49. The topological polar surface area (TPSA) is 99.8 Å². The fourth-order valence-electron chi connectivity index (χ4n) is 2.45. The van der Waals surface area contributed by atoms with Crippen LogP contribution in [0, 0.1) is 0 Å². The molecule has 138 valence electrons. The molecular formula is C18H13BrN2O5S. The number of hydrogen-bond acceptors (Lipinski definition) is 5. The second-order valence-corrected chi connectivity index (χ2v) is 6.93. The van der Waals surface area contributed by atoms with Crippen molar-refractivity contribution in [2.75, 3.05) is 6.54 Å². The molecule has 2 amide bonds. The highest BCUT2D eigenvalue weighted by atomic mass is 79.9. The van der Waals surface area contributed by atoms with E-state index < -0.39 is 17.8 Å². The normalized spacial score (nSPS) is 16.0. The molecule has 2 heterocycles. The fourth-order valence-corrected chi connectivity index (χ4v) is 2.98. The minimum absolute atomic E-state index is 0.113. The number of hydrogen-bond donors (Lipinski definition) is 2. The van der Waals surface area contributed by atoms with E-state index in [-0.39, 0.29) is 23.7 Å². The number of benzene rings is 1. The maximum Gasteiger partial charge on any atom is 0.305 e. The molecule has 1 aliphatic heterocycles. The summed E-state index contributed by atoms with van der Waals surface area (Å²) in [5, 5.41) is 11.1. The first-order valence-electron chi connectivity index (χ1n) is 7.81. The number of rotatable bonds is 5. The van der Waals surface area contributed by atoms with Gasteiger partial charge in [-0.3, -0.25) is 24.6 Å². The Morgan fingerprint density at radius 1 is 1.22 bits per heavy atom. The van der Waals surface area contributed by atoms with Gasteiger partial charge in [-0.2, -0.15) is 0 Å². The average Bonchev–Trinajstić information content (AvgIpc) is 3.07. The van der Waals surface area contributed by atoms with Crippen molar-refractivity contribution < 1.29 is 23.9 Å². The maximum atomic E-state index is 12.5. The van der Waals surface area contributed by atoms with Crippen LogP contribution in [-0.4, -0.2) is 39.4 Å². The monoisotopic (exact) mass is 448 g/mol. The van der Waals surface area contributed by atoms with Crippen LogP contribution in [0.1, 0.15) is 12.2 Å². The number of nitrogens with one attached hydrogen (secondary N) is 1. The lowest BCUT2D eigenvalue weighted by atomic mass is 10.1. The van der Waals surface area contributed by atoms with Crippen LogP contribution in [0.15, 0.2) is 50.9 Å². The number of thiocarbonyl (C=S) groups is 1. The van der Waals surface area contributed by atoms with Gasteiger partial charge in [0.25, 0.3) is 11.8 Å². The molecular weight excluding hydrogens is 436 g/mol. The highest BCUT2D eigenvalue weighted by molar-refractivity contribution is 9.10. The van der Waals surface area contributed by atoms with E-state index in [0.717, 1.165) is 14.9 Å². The molecule has 1 saturated heterocycles. The van der Waals surface area contributed by atoms with Crippen molar-refractivity contribution in [3.8, 4) is 11.3 Å². The highest BCUT2D eigenvalue weighted by Crippen LogP contribution is 2.25. The van der Waals surface area contributed by atoms with Gasteiger partial charge in [-0.15, -0.1) is 0 Å². The molecule has 1 aromatic heterocycles. The van der Waals surface area contributed by atoms with Crippen LogP contribution in [0.5, 0.6) is 0 Å². The lowest BCUT2D eigenvalue weighted by Gasteiger charge is -2.28. The van der Waals surface area contributed by atoms with Crippen molar-refractivity contribution in [3.05, 3.63) is 52.2 Å². The Balaban J connectivity index is 1.85. The SMILES string of the molecule is O=C(O)CCN1C(=O)/C(=C/c2ccc(-c3ccc(Br)cc3)o2)C(=O)NC1=S. The van der Waals surface area contributed by atoms with Crippen LogP contribution in [-0.2, 0) is 14.4 Å². The number of carboxylic acids is 1. The van der Waals surface area contributed by atoms with Gasteiger partial charge in [0, 0.05) is 16.6 Å². The zero-order chi connectivity index (χ0) is 19.6. The van der Waals surface area contributed by atoms with Gasteiger partial charge in [0.2, 0.25) is 0 Å². The third kappa shape index (κ3) is 4.32. The van der Waals surface area contributed by atoms with Gasteiger partial charge in [-0.1, -0.05) is 28.1 Å². The Morgan fingerprint density at radius 3 is 2.59 bits per heavy atom. The number of furan rings is 1. The Bertz CT molecular complexity index is 964. The van der Waals surface area contributed by atoms with Gasteiger partial charge in [0.1, 0.15) is 17.1 Å². The number of carboxylic acid groups (broad SMARTS) is 1. The first-order valence-corrected chi connectivity index (χ1v) is 9.01. The quantitative estimate of drug-likeness (QED) is 0.414. The summed E-state index contributed by atoms with van der Waals surface area (Å²) in [5.41, 5.74) is 0.664. The van der Waals surface area contributed by atoms with E-state index in [1.807, 2.05) is 24.3 Å². The molecule has 3 rings (SSSR count). The second kappa shape index (κ2) is 7.85. The van der Waals surface area contributed by atoms with E-state index in [0.29, 0.717) is 11.5 Å². The number of halogens is 1. The van der Waals surface area contributed by atoms with Gasteiger partial charge >= 0.3 is 5.97 Å². The van der Waals surface area contributed by atoms with Gasteiger partial charge in [-0.05, 0) is 42.6 Å². The summed E-state index contributed by atoms with van der Waals surface area (Å²) in [7, 11) is 0. The van der Waals surface area contributed by atoms with E-state index in [1.54, 1.807) is 12.1 Å². The summed E-state index contributed by atoms with van der Waals surface area (Å²) < 4.78 is 6.63. The number of amides is 2. The molecule has 0 radical (unpaired) electrons. The van der Waals surface area contributed by atoms with E-state index >= 15 is 0 Å². The van der Waals surface area contributed by atoms with Gasteiger partial charge < -0.3 is 9.52 Å². The van der Waals surface area contributed by atoms with Crippen molar-refractivity contribution >= 4 is 57.1 Å². The molecule has 0 aliphatic carbocycles. The van der Waals surface area contributed by atoms with Crippen molar-refractivity contribution in [2.24, 2.45) is 0 Å². The molecule has 27 heavy (non-hydrogen) atoms. The smallest absolute Gasteiger partial charge is 0.305 e. The summed E-state index contributed by atoms with van der Waals surface area (Å²) in [6.07, 6.45) is 1.03. The average molecular weight is 449 g/mol. The number of carbonyl (C=O) groups is 3. The predicted octanol–water partition coefficient (Wildman–Crippen LogP) is 2.81. The van der Waals surface area contributed by atoms with Crippen LogP contribution < -0.4 is 5.32 Å². The molecule has 1 fully saturated rings. The zero-order valence-electron chi connectivity index (χ0n) is 13.8. The maximum absolute atomic E-state index is 12.5. The highest BCUT2D eigenvalue weighted by Gasteiger charge is 2.33. The second-order valence-electron chi connectivity index (χ2n) is 5.63. The Kier molecular flexibility index (Phi) is 5.52. The molecule has 2 aromatic rings. The third-order valence-corrected chi connectivity index (χ3v) is 4.63. The zero-order valence-corrected chi connectivity index (χ0v) is 16.2. The number of aliphatic carboxylic acids is 1. The van der Waals surface area contributed by atoms with Gasteiger partial charge in [0.15, 0.2) is 5.11 Å². The van der Waals surface area contributed by atoms with Gasteiger partial charge in [0.05, 0.1) is 6.42 Å². The molecule has 0 unspecified atom stereocenters. The summed E-state index contributed by atoms with van der Waals surface area (Å²) in [4.78, 5) is 36.5. The van der Waals surface area contributed by atoms with Crippen molar-refractivity contribution in [1.82, 2.24) is 10.2 Å². The van der Waals surface area contributed by atoms with Crippen LogP contribution in [0.2, 0.25) is 0 Å². The molecule has 0 bridgehead atoms. The number of carbonyl (C=O) groups excluding carboxylic acids is 2. The molecule has 7 nitrogen and oxygen atoms in total. The molecule has 1 aliphatic rings.